The second-order valence-corrected chi connectivity index (χ2v) is 7.12. The Bertz CT molecular complexity index is 566. The van der Waals surface area contributed by atoms with Gasteiger partial charge in [0, 0.05) is 28.9 Å². The molecule has 0 saturated heterocycles. The Kier molecular flexibility index (Phi) is 8.62. The number of phenols is 1. The summed E-state index contributed by atoms with van der Waals surface area (Å²) in [6.07, 6.45) is 7.98. The molecular weight excluding hydrogens is 312 g/mol. The number of rotatable bonds is 11. The van der Waals surface area contributed by atoms with E-state index in [2.05, 4.69) is 6.58 Å². The largest absolute Gasteiger partial charge is 0.507 e. The lowest BCUT2D eigenvalue weighted by Crippen LogP contribution is -2.03. The van der Waals surface area contributed by atoms with Crippen LogP contribution in [-0.4, -0.2) is 33.7 Å². The zero-order valence-corrected chi connectivity index (χ0v) is 14.8. The summed E-state index contributed by atoms with van der Waals surface area (Å²) in [4.78, 5) is 11.5. The molecule has 1 N–H and O–H groups in total. The molecule has 1 aromatic rings. The fourth-order valence-electron chi connectivity index (χ4n) is 2.29. The zero-order valence-electron chi connectivity index (χ0n) is 14.0. The summed E-state index contributed by atoms with van der Waals surface area (Å²) in [6, 6.07) is 3.18. The van der Waals surface area contributed by atoms with Crippen LogP contribution >= 0.6 is 0 Å². The van der Waals surface area contributed by atoms with E-state index in [9.17, 15) is 14.1 Å². The van der Waals surface area contributed by atoms with Crippen molar-refractivity contribution in [3.63, 3.8) is 0 Å². The van der Waals surface area contributed by atoms with Crippen molar-refractivity contribution in [2.75, 3.05) is 18.6 Å². The third-order valence-electron chi connectivity index (χ3n) is 3.51. The van der Waals surface area contributed by atoms with Crippen molar-refractivity contribution in [2.45, 2.75) is 39.0 Å². The molecule has 0 fully saturated rings. The highest BCUT2D eigenvalue weighted by atomic mass is 32.2. The van der Waals surface area contributed by atoms with Gasteiger partial charge in [-0.3, -0.25) is 9.00 Å². The van der Waals surface area contributed by atoms with Gasteiger partial charge < -0.3 is 9.84 Å². The number of ketones is 1. The van der Waals surface area contributed by atoms with Gasteiger partial charge >= 0.3 is 0 Å². The maximum absolute atomic E-state index is 11.5. The summed E-state index contributed by atoms with van der Waals surface area (Å²) in [7, 11) is -0.713. The van der Waals surface area contributed by atoms with Gasteiger partial charge in [0.25, 0.3) is 0 Å². The molecule has 0 aliphatic carbocycles. The first-order valence-electron chi connectivity index (χ1n) is 7.86. The molecule has 0 spiro atoms. The van der Waals surface area contributed by atoms with Crippen LogP contribution in [-0.2, 0) is 17.2 Å². The van der Waals surface area contributed by atoms with Crippen molar-refractivity contribution in [2.24, 2.45) is 0 Å². The minimum Gasteiger partial charge on any atom is -0.507 e. The first kappa shape index (κ1) is 19.4. The summed E-state index contributed by atoms with van der Waals surface area (Å²) >= 11 is 0. The minimum atomic E-state index is -0.713. The number of unbranched alkanes of at least 4 members (excludes halogenated alkanes) is 3. The third-order valence-corrected chi connectivity index (χ3v) is 4.37. The van der Waals surface area contributed by atoms with Crippen molar-refractivity contribution in [1.29, 1.82) is 0 Å². The number of aromatic hydroxyl groups is 1. The predicted molar refractivity (Wildman–Crippen MR) is 94.9 cm³/mol. The molecule has 1 rings (SSSR count). The van der Waals surface area contributed by atoms with Gasteiger partial charge in [-0.1, -0.05) is 18.9 Å². The number of Topliss-reactive ketones (excluding diaryl/α,β-unsaturated/α-hetero) is 1. The van der Waals surface area contributed by atoms with Crippen molar-refractivity contribution < 1.29 is 18.8 Å². The molecule has 23 heavy (non-hydrogen) atoms. The van der Waals surface area contributed by atoms with Gasteiger partial charge in [-0.05, 0) is 37.8 Å². The van der Waals surface area contributed by atoms with Gasteiger partial charge in [-0.2, -0.15) is 0 Å². The third kappa shape index (κ3) is 6.99. The first-order valence-corrected chi connectivity index (χ1v) is 9.59. The lowest BCUT2D eigenvalue weighted by atomic mass is 10.0. The van der Waals surface area contributed by atoms with Gasteiger partial charge in [0.15, 0.2) is 5.78 Å². The van der Waals surface area contributed by atoms with Crippen LogP contribution < -0.4 is 4.74 Å². The molecular formula is C18H26O4S. The highest BCUT2D eigenvalue weighted by Crippen LogP contribution is 2.29. The Hall–Kier alpha value is -1.62. The second kappa shape index (κ2) is 10.2. The summed E-state index contributed by atoms with van der Waals surface area (Å²) in [5, 5.41) is 9.92. The molecule has 0 aliphatic rings. The van der Waals surface area contributed by atoms with Crippen LogP contribution in [0.25, 0.3) is 0 Å². The Labute approximate surface area is 141 Å². The Morgan fingerprint density at radius 1 is 1.30 bits per heavy atom. The van der Waals surface area contributed by atoms with Crippen LogP contribution in [0.4, 0.5) is 0 Å². The van der Waals surface area contributed by atoms with Gasteiger partial charge in [0.05, 0.1) is 12.2 Å². The molecule has 1 aromatic carbocycles. The van der Waals surface area contributed by atoms with Crippen LogP contribution in [0.2, 0.25) is 0 Å². The van der Waals surface area contributed by atoms with E-state index in [1.54, 1.807) is 18.4 Å². The molecule has 128 valence electrons. The van der Waals surface area contributed by atoms with Gasteiger partial charge in [0.1, 0.15) is 11.5 Å². The number of benzene rings is 1. The SMILES string of the molecule is C=CCc1cc(C(C)=O)c(O)cc1OCCCCCCS(C)=O. The zero-order chi connectivity index (χ0) is 17.2. The predicted octanol–water partition coefficient (Wildman–Crippen LogP) is 3.64. The molecule has 1 atom stereocenters. The molecule has 0 aromatic heterocycles. The Balaban J connectivity index is 2.55. The van der Waals surface area contributed by atoms with E-state index in [1.807, 2.05) is 0 Å². The smallest absolute Gasteiger partial charge is 0.163 e. The van der Waals surface area contributed by atoms with Crippen molar-refractivity contribution >= 4 is 16.6 Å². The summed E-state index contributed by atoms with van der Waals surface area (Å²) in [5.74, 6) is 1.13. The van der Waals surface area contributed by atoms with Crippen LogP contribution in [0.15, 0.2) is 24.8 Å². The monoisotopic (exact) mass is 338 g/mol. The normalized spacial score (nSPS) is 11.9. The molecule has 0 saturated carbocycles. The van der Waals surface area contributed by atoms with E-state index in [0.717, 1.165) is 37.0 Å². The van der Waals surface area contributed by atoms with Crippen LogP contribution in [0.3, 0.4) is 0 Å². The molecule has 0 heterocycles. The van der Waals surface area contributed by atoms with Gasteiger partial charge in [-0.15, -0.1) is 6.58 Å². The Morgan fingerprint density at radius 2 is 2.00 bits per heavy atom. The first-order chi connectivity index (χ1) is 11.0. The number of ether oxygens (including phenoxy) is 1. The number of carbonyl (C=O) groups excluding carboxylic acids is 1. The molecule has 4 nitrogen and oxygen atoms in total. The fraction of sp³-hybridized carbons (Fsp3) is 0.500. The van der Waals surface area contributed by atoms with Gasteiger partial charge in [-0.25, -0.2) is 0 Å². The van der Waals surface area contributed by atoms with E-state index in [4.69, 9.17) is 4.74 Å². The maximum Gasteiger partial charge on any atom is 0.163 e. The summed E-state index contributed by atoms with van der Waals surface area (Å²) in [6.45, 7) is 5.69. The molecule has 0 amide bonds. The standard InChI is InChI=1S/C18H26O4S/c1-4-9-15-12-16(14(2)19)17(20)13-18(15)22-10-7-5-6-8-11-23(3)21/h4,12-13,20H,1,5-11H2,2-3H3. The van der Waals surface area contributed by atoms with Crippen molar-refractivity contribution in [3.05, 3.63) is 35.9 Å². The lowest BCUT2D eigenvalue weighted by molar-refractivity contribution is 0.101. The fourth-order valence-corrected chi connectivity index (χ4v) is 2.90. The molecule has 0 radical (unpaired) electrons. The van der Waals surface area contributed by atoms with Crippen LogP contribution in [0, 0.1) is 0 Å². The maximum atomic E-state index is 11.5. The Morgan fingerprint density at radius 3 is 2.61 bits per heavy atom. The number of hydrogen-bond donors (Lipinski definition) is 1. The average molecular weight is 338 g/mol. The summed E-state index contributed by atoms with van der Waals surface area (Å²) in [5.41, 5.74) is 1.16. The highest BCUT2D eigenvalue weighted by Gasteiger charge is 2.12. The number of hydrogen-bond acceptors (Lipinski definition) is 4. The van der Waals surface area contributed by atoms with E-state index in [0.29, 0.717) is 24.3 Å². The summed E-state index contributed by atoms with van der Waals surface area (Å²) < 4.78 is 16.7. The van der Waals surface area contributed by atoms with Gasteiger partial charge in [0.2, 0.25) is 0 Å². The molecule has 0 bridgehead atoms. The van der Waals surface area contributed by atoms with E-state index in [-0.39, 0.29) is 11.5 Å². The average Bonchev–Trinajstić information content (AvgIpc) is 2.48. The van der Waals surface area contributed by atoms with Crippen molar-refractivity contribution in [1.82, 2.24) is 0 Å². The highest BCUT2D eigenvalue weighted by molar-refractivity contribution is 7.84. The second-order valence-electron chi connectivity index (χ2n) is 5.57. The topological polar surface area (TPSA) is 63.6 Å². The molecule has 0 aliphatic heterocycles. The lowest BCUT2D eigenvalue weighted by Gasteiger charge is -2.13. The van der Waals surface area contributed by atoms with Crippen LogP contribution in [0.5, 0.6) is 11.5 Å². The number of phenolic OH excluding ortho intramolecular Hbond substituents is 1. The van der Waals surface area contributed by atoms with E-state index >= 15 is 0 Å². The van der Waals surface area contributed by atoms with Crippen LogP contribution in [0.1, 0.15) is 48.5 Å². The number of carbonyl (C=O) groups is 1. The minimum absolute atomic E-state index is 0.0502. The number of allylic oxidation sites excluding steroid dienone is 1. The van der Waals surface area contributed by atoms with E-state index < -0.39 is 10.8 Å². The molecule has 1 unspecified atom stereocenters. The quantitative estimate of drug-likeness (QED) is 0.380. The van der Waals surface area contributed by atoms with E-state index in [1.165, 1.54) is 13.0 Å². The van der Waals surface area contributed by atoms with Crippen molar-refractivity contribution in [3.8, 4) is 11.5 Å². The molecule has 5 heteroatoms.